The second-order valence-corrected chi connectivity index (χ2v) is 4.21. The van der Waals surface area contributed by atoms with Gasteiger partial charge in [0.25, 0.3) is 0 Å². The summed E-state index contributed by atoms with van der Waals surface area (Å²) < 4.78 is 0. The van der Waals surface area contributed by atoms with Gasteiger partial charge in [-0.1, -0.05) is 24.3 Å². The summed E-state index contributed by atoms with van der Waals surface area (Å²) in [4.78, 5) is 3.40. The number of hydrogen-bond acceptors (Lipinski definition) is 1. The number of fused-ring (bicyclic) bond motifs is 1. The molecule has 0 radical (unpaired) electrons. The fraction of sp³-hybridized carbons (Fsp3) is 0.286. The van der Waals surface area contributed by atoms with Crippen molar-refractivity contribution in [3.63, 3.8) is 0 Å². The maximum atomic E-state index is 5.86. The number of para-hydroxylation sites is 1. The van der Waals surface area contributed by atoms with Crippen LogP contribution >= 0.6 is 12.4 Å². The lowest BCUT2D eigenvalue weighted by Crippen LogP contribution is -2.17. The van der Waals surface area contributed by atoms with E-state index in [0.29, 0.717) is 0 Å². The van der Waals surface area contributed by atoms with E-state index in [9.17, 15) is 0 Å². The van der Waals surface area contributed by atoms with Crippen molar-refractivity contribution in [3.8, 4) is 0 Å². The molecule has 2 aromatic rings. The first-order chi connectivity index (χ1) is 7.72. The first-order valence-electron chi connectivity index (χ1n) is 5.66. The van der Waals surface area contributed by atoms with Crippen LogP contribution in [0, 0.1) is 6.92 Å². The summed E-state index contributed by atoms with van der Waals surface area (Å²) in [6.45, 7) is 5.83. The lowest BCUT2D eigenvalue weighted by Gasteiger charge is -2.05. The summed E-state index contributed by atoms with van der Waals surface area (Å²) in [7, 11) is 0. The molecule has 0 amide bonds. The third-order valence-corrected chi connectivity index (χ3v) is 3.06. The van der Waals surface area contributed by atoms with Gasteiger partial charge in [-0.3, -0.25) is 0 Å². The number of nitrogens with two attached hydrogens (primary N) is 1. The van der Waals surface area contributed by atoms with Gasteiger partial charge in [0.05, 0.1) is 0 Å². The van der Waals surface area contributed by atoms with Crippen LogP contribution < -0.4 is 5.73 Å². The summed E-state index contributed by atoms with van der Waals surface area (Å²) in [5, 5.41) is 1.32. The molecular formula is C14H19ClN2. The van der Waals surface area contributed by atoms with Crippen LogP contribution in [0.4, 0.5) is 0 Å². The van der Waals surface area contributed by atoms with Gasteiger partial charge in [-0.2, -0.15) is 0 Å². The van der Waals surface area contributed by atoms with Gasteiger partial charge in [0.15, 0.2) is 0 Å². The van der Waals surface area contributed by atoms with Crippen LogP contribution in [0.15, 0.2) is 36.9 Å². The van der Waals surface area contributed by atoms with Crippen molar-refractivity contribution >= 4 is 23.3 Å². The molecule has 1 unspecified atom stereocenters. The minimum absolute atomic E-state index is 0. The molecule has 1 aromatic heterocycles. The van der Waals surface area contributed by atoms with Gasteiger partial charge in [-0.25, -0.2) is 0 Å². The zero-order chi connectivity index (χ0) is 11.5. The lowest BCUT2D eigenvalue weighted by molar-refractivity contribution is 0.722. The predicted molar refractivity (Wildman–Crippen MR) is 76.8 cm³/mol. The van der Waals surface area contributed by atoms with Gasteiger partial charge in [-0.15, -0.1) is 19.0 Å². The smallest absolute Gasteiger partial charge is 0.0458 e. The van der Waals surface area contributed by atoms with Gasteiger partial charge < -0.3 is 10.7 Å². The molecule has 0 saturated carbocycles. The Bertz CT molecular complexity index is 502. The molecule has 0 bridgehead atoms. The highest BCUT2D eigenvalue weighted by Gasteiger charge is 2.08. The van der Waals surface area contributed by atoms with Crippen molar-refractivity contribution in [2.45, 2.75) is 25.8 Å². The molecule has 3 N–H and O–H groups in total. The second kappa shape index (κ2) is 5.89. The van der Waals surface area contributed by atoms with E-state index in [1.54, 1.807) is 0 Å². The van der Waals surface area contributed by atoms with Gasteiger partial charge in [0.1, 0.15) is 0 Å². The van der Waals surface area contributed by atoms with Crippen molar-refractivity contribution < 1.29 is 0 Å². The van der Waals surface area contributed by atoms with E-state index in [1.807, 2.05) is 6.08 Å². The maximum absolute atomic E-state index is 5.86. The minimum atomic E-state index is 0. The quantitative estimate of drug-likeness (QED) is 0.803. The number of aromatic nitrogens is 1. The van der Waals surface area contributed by atoms with Crippen LogP contribution in [0.2, 0.25) is 0 Å². The zero-order valence-electron chi connectivity index (χ0n) is 10.1. The Labute approximate surface area is 108 Å². The number of benzene rings is 1. The molecule has 0 aliphatic heterocycles. The fourth-order valence-electron chi connectivity index (χ4n) is 2.09. The molecule has 1 aromatic carbocycles. The lowest BCUT2D eigenvalue weighted by atomic mass is 10.0. The Hall–Kier alpha value is -1.25. The Balaban J connectivity index is 0.00000144. The molecule has 0 fully saturated rings. The van der Waals surface area contributed by atoms with Crippen LogP contribution in [0.5, 0.6) is 0 Å². The number of aromatic amines is 1. The molecular weight excluding hydrogens is 232 g/mol. The molecule has 2 rings (SSSR count). The number of nitrogens with one attached hydrogen (secondary N) is 1. The van der Waals surface area contributed by atoms with Crippen LogP contribution in [0.3, 0.4) is 0 Å². The van der Waals surface area contributed by atoms with E-state index >= 15 is 0 Å². The van der Waals surface area contributed by atoms with Gasteiger partial charge in [0, 0.05) is 22.6 Å². The van der Waals surface area contributed by atoms with Gasteiger partial charge in [-0.05, 0) is 31.4 Å². The van der Waals surface area contributed by atoms with Crippen molar-refractivity contribution in [2.24, 2.45) is 5.73 Å². The summed E-state index contributed by atoms with van der Waals surface area (Å²) in [6, 6.07) is 8.49. The zero-order valence-corrected chi connectivity index (χ0v) is 10.9. The molecule has 1 atom stereocenters. The summed E-state index contributed by atoms with van der Waals surface area (Å²) in [5.41, 5.74) is 9.70. The molecule has 17 heavy (non-hydrogen) atoms. The molecule has 0 saturated heterocycles. The van der Waals surface area contributed by atoms with E-state index in [0.717, 1.165) is 12.8 Å². The average molecular weight is 251 g/mol. The minimum Gasteiger partial charge on any atom is -0.358 e. The van der Waals surface area contributed by atoms with Gasteiger partial charge >= 0.3 is 0 Å². The number of halogens is 1. The Morgan fingerprint density at radius 3 is 2.82 bits per heavy atom. The highest BCUT2D eigenvalue weighted by molar-refractivity contribution is 5.85. The molecule has 0 aliphatic rings. The van der Waals surface area contributed by atoms with Crippen LogP contribution in [0.1, 0.15) is 17.7 Å². The fourth-order valence-corrected chi connectivity index (χ4v) is 2.09. The number of H-pyrrole nitrogens is 1. The third kappa shape index (κ3) is 2.90. The van der Waals surface area contributed by atoms with Gasteiger partial charge in [0.2, 0.25) is 0 Å². The number of rotatable bonds is 4. The summed E-state index contributed by atoms with van der Waals surface area (Å²) in [6.07, 6.45) is 3.76. The van der Waals surface area contributed by atoms with Crippen LogP contribution in [-0.2, 0) is 6.42 Å². The van der Waals surface area contributed by atoms with E-state index in [1.165, 1.54) is 22.2 Å². The molecule has 2 nitrogen and oxygen atoms in total. The second-order valence-electron chi connectivity index (χ2n) is 4.21. The number of aryl methyl sites for hydroxylation is 2. The Morgan fingerprint density at radius 2 is 2.12 bits per heavy atom. The van der Waals surface area contributed by atoms with Crippen LogP contribution in [-0.4, -0.2) is 11.0 Å². The topological polar surface area (TPSA) is 41.8 Å². The van der Waals surface area contributed by atoms with E-state index in [4.69, 9.17) is 5.73 Å². The van der Waals surface area contributed by atoms with Crippen LogP contribution in [0.25, 0.3) is 10.9 Å². The number of hydrogen-bond donors (Lipinski definition) is 2. The van der Waals surface area contributed by atoms with E-state index < -0.39 is 0 Å². The highest BCUT2D eigenvalue weighted by Crippen LogP contribution is 2.23. The molecule has 92 valence electrons. The first kappa shape index (κ1) is 13.8. The van der Waals surface area contributed by atoms with Crippen molar-refractivity contribution in [1.29, 1.82) is 0 Å². The van der Waals surface area contributed by atoms with E-state index in [-0.39, 0.29) is 18.4 Å². The first-order valence-corrected chi connectivity index (χ1v) is 5.66. The SMILES string of the molecule is C=CC(N)CCc1c(C)[nH]c2ccccc12.Cl. The summed E-state index contributed by atoms with van der Waals surface area (Å²) in [5.74, 6) is 0. The third-order valence-electron chi connectivity index (χ3n) is 3.06. The monoisotopic (exact) mass is 250 g/mol. The maximum Gasteiger partial charge on any atom is 0.0458 e. The van der Waals surface area contributed by atoms with Crippen molar-refractivity contribution in [2.75, 3.05) is 0 Å². The largest absolute Gasteiger partial charge is 0.358 e. The normalized spacial score (nSPS) is 12.1. The molecule has 0 spiro atoms. The van der Waals surface area contributed by atoms with Crippen molar-refractivity contribution in [3.05, 3.63) is 48.2 Å². The molecule has 3 heteroatoms. The molecule has 1 heterocycles. The Kier molecular flexibility index (Phi) is 4.79. The standard InChI is InChI=1S/C14H18N2.ClH/c1-3-11(15)8-9-12-10(2)16-14-7-5-4-6-13(12)14;/h3-7,11,16H,1,8-9,15H2,2H3;1H. The summed E-state index contributed by atoms with van der Waals surface area (Å²) >= 11 is 0. The van der Waals surface area contributed by atoms with E-state index in [2.05, 4.69) is 42.8 Å². The molecule has 0 aliphatic carbocycles. The van der Waals surface area contributed by atoms with Crippen molar-refractivity contribution in [1.82, 2.24) is 4.98 Å². The Morgan fingerprint density at radius 1 is 1.41 bits per heavy atom. The predicted octanol–water partition coefficient (Wildman–Crippen LogP) is 3.34. The average Bonchev–Trinajstić information content (AvgIpc) is 2.62. The highest BCUT2D eigenvalue weighted by atomic mass is 35.5.